The number of aryl methyl sites for hydroxylation is 2. The summed E-state index contributed by atoms with van der Waals surface area (Å²) in [6.45, 7) is 6.09. The smallest absolute Gasteiger partial charge is 0.193 e. The Morgan fingerprint density at radius 2 is 2.30 bits per heavy atom. The molecule has 0 spiro atoms. The van der Waals surface area contributed by atoms with E-state index in [1.165, 1.54) is 24.1 Å². The second kappa shape index (κ2) is 5.94. The lowest BCUT2D eigenvalue weighted by molar-refractivity contribution is 0.241. The van der Waals surface area contributed by atoms with E-state index in [4.69, 9.17) is 4.52 Å². The lowest BCUT2D eigenvalue weighted by Gasteiger charge is -2.24. The van der Waals surface area contributed by atoms with Gasteiger partial charge in [-0.05, 0) is 45.4 Å². The Kier molecular flexibility index (Phi) is 3.79. The normalized spacial score (nSPS) is 18.8. The minimum atomic E-state index is 0.404. The predicted molar refractivity (Wildman–Crippen MR) is 89.8 cm³/mol. The fraction of sp³-hybridized carbons (Fsp3) is 0.412. The zero-order valence-corrected chi connectivity index (χ0v) is 14.2. The van der Waals surface area contributed by atoms with E-state index in [-0.39, 0.29) is 0 Å². The van der Waals surface area contributed by atoms with Gasteiger partial charge in [-0.15, -0.1) is 11.3 Å². The first-order valence-electron chi connectivity index (χ1n) is 7.97. The van der Waals surface area contributed by atoms with Crippen molar-refractivity contribution in [3.63, 3.8) is 0 Å². The van der Waals surface area contributed by atoms with E-state index in [9.17, 15) is 0 Å². The van der Waals surface area contributed by atoms with Crippen LogP contribution in [-0.4, -0.2) is 26.2 Å². The average molecular weight is 328 g/mol. The molecular weight excluding hydrogens is 308 g/mol. The van der Waals surface area contributed by atoms with Crippen LogP contribution in [0.1, 0.15) is 41.6 Å². The van der Waals surface area contributed by atoms with E-state index >= 15 is 0 Å². The molecule has 120 valence electrons. The summed E-state index contributed by atoms with van der Waals surface area (Å²) in [4.78, 5) is 6.96. The van der Waals surface area contributed by atoms with Gasteiger partial charge in [0.15, 0.2) is 5.13 Å². The minimum Gasteiger partial charge on any atom is -0.361 e. The third kappa shape index (κ3) is 2.62. The Morgan fingerprint density at radius 3 is 3.04 bits per heavy atom. The molecule has 5 nitrogen and oxygen atoms in total. The number of rotatable bonds is 4. The molecule has 1 fully saturated rings. The van der Waals surface area contributed by atoms with Crippen molar-refractivity contribution < 1.29 is 4.52 Å². The van der Waals surface area contributed by atoms with Crippen molar-refractivity contribution in [3.8, 4) is 5.13 Å². The van der Waals surface area contributed by atoms with E-state index in [1.807, 2.05) is 25.4 Å². The van der Waals surface area contributed by atoms with Crippen molar-refractivity contribution in [1.82, 2.24) is 19.6 Å². The van der Waals surface area contributed by atoms with E-state index in [0.29, 0.717) is 6.04 Å². The van der Waals surface area contributed by atoms with Crippen LogP contribution in [0.25, 0.3) is 5.13 Å². The molecule has 4 rings (SSSR count). The molecular formula is C17H20N4OS. The molecule has 1 aliphatic heterocycles. The van der Waals surface area contributed by atoms with Crippen molar-refractivity contribution in [2.75, 3.05) is 6.54 Å². The molecule has 3 aromatic rings. The molecule has 0 bridgehead atoms. The molecule has 0 N–H and O–H groups in total. The Bertz CT molecular complexity index is 770. The van der Waals surface area contributed by atoms with Crippen LogP contribution >= 0.6 is 11.3 Å². The third-order valence-corrected chi connectivity index (χ3v) is 5.38. The van der Waals surface area contributed by atoms with Crippen LogP contribution in [0, 0.1) is 13.8 Å². The van der Waals surface area contributed by atoms with E-state index < -0.39 is 0 Å². The van der Waals surface area contributed by atoms with Crippen LogP contribution < -0.4 is 0 Å². The van der Waals surface area contributed by atoms with Crippen molar-refractivity contribution in [3.05, 3.63) is 52.6 Å². The SMILES string of the molecule is Cc1noc(C)c1C1CCCN1Cc1cccn1-c1nccs1. The molecule has 3 aromatic heterocycles. The zero-order chi connectivity index (χ0) is 15.8. The molecule has 1 saturated heterocycles. The van der Waals surface area contributed by atoms with Crippen LogP contribution in [0.3, 0.4) is 0 Å². The number of likely N-dealkylation sites (tertiary alicyclic amines) is 1. The summed E-state index contributed by atoms with van der Waals surface area (Å²) in [5.74, 6) is 0.953. The van der Waals surface area contributed by atoms with Crippen LogP contribution in [0.4, 0.5) is 0 Å². The van der Waals surface area contributed by atoms with Gasteiger partial charge in [0, 0.05) is 41.6 Å². The topological polar surface area (TPSA) is 47.1 Å². The molecule has 0 aromatic carbocycles. The molecule has 0 radical (unpaired) electrons. The van der Waals surface area contributed by atoms with Gasteiger partial charge in [0.2, 0.25) is 0 Å². The Balaban J connectivity index is 1.61. The fourth-order valence-electron chi connectivity index (χ4n) is 3.58. The zero-order valence-electron chi connectivity index (χ0n) is 13.4. The van der Waals surface area contributed by atoms with Crippen molar-refractivity contribution in [2.45, 2.75) is 39.3 Å². The first kappa shape index (κ1) is 14.7. The van der Waals surface area contributed by atoms with Crippen LogP contribution in [0.2, 0.25) is 0 Å². The second-order valence-corrected chi connectivity index (χ2v) is 6.92. The maximum atomic E-state index is 5.38. The van der Waals surface area contributed by atoms with Gasteiger partial charge in [-0.3, -0.25) is 9.47 Å². The predicted octanol–water partition coefficient (Wildman–Crippen LogP) is 3.88. The molecule has 4 heterocycles. The highest BCUT2D eigenvalue weighted by atomic mass is 32.1. The molecule has 23 heavy (non-hydrogen) atoms. The van der Waals surface area contributed by atoms with Crippen molar-refractivity contribution in [1.29, 1.82) is 0 Å². The summed E-state index contributed by atoms with van der Waals surface area (Å²) in [5, 5.41) is 7.18. The van der Waals surface area contributed by atoms with E-state index in [1.54, 1.807) is 11.3 Å². The standard InChI is InChI=1S/C17H20N4OS/c1-12-16(13(2)22-19-12)15-6-4-8-20(15)11-14-5-3-9-21(14)17-18-7-10-23-17/h3,5,7,9-10,15H,4,6,8,11H2,1-2H3. The summed E-state index contributed by atoms with van der Waals surface area (Å²) in [6.07, 6.45) is 6.33. The van der Waals surface area contributed by atoms with Gasteiger partial charge >= 0.3 is 0 Å². The number of thiazole rings is 1. The molecule has 1 aliphatic rings. The Labute approximate surface area is 139 Å². The first-order chi connectivity index (χ1) is 11.2. The van der Waals surface area contributed by atoms with Gasteiger partial charge < -0.3 is 4.52 Å². The van der Waals surface area contributed by atoms with Crippen molar-refractivity contribution in [2.24, 2.45) is 0 Å². The number of aromatic nitrogens is 3. The molecule has 1 unspecified atom stereocenters. The van der Waals surface area contributed by atoms with Crippen molar-refractivity contribution >= 4 is 11.3 Å². The van der Waals surface area contributed by atoms with Gasteiger partial charge in [0.25, 0.3) is 0 Å². The Morgan fingerprint density at radius 1 is 1.39 bits per heavy atom. The lowest BCUT2D eigenvalue weighted by Crippen LogP contribution is -2.24. The molecule has 0 amide bonds. The summed E-state index contributed by atoms with van der Waals surface area (Å²) in [5.41, 5.74) is 3.57. The van der Waals surface area contributed by atoms with Crippen LogP contribution in [0.15, 0.2) is 34.4 Å². The number of nitrogens with zero attached hydrogens (tertiary/aromatic N) is 4. The maximum Gasteiger partial charge on any atom is 0.193 e. The van der Waals surface area contributed by atoms with Gasteiger partial charge in [-0.2, -0.15) is 0 Å². The highest BCUT2D eigenvalue weighted by Crippen LogP contribution is 2.36. The molecule has 1 atom stereocenters. The molecule has 0 aliphatic carbocycles. The molecule has 6 heteroatoms. The van der Waals surface area contributed by atoms with Crippen LogP contribution in [-0.2, 0) is 6.54 Å². The second-order valence-electron chi connectivity index (χ2n) is 6.05. The molecule has 0 saturated carbocycles. The summed E-state index contributed by atoms with van der Waals surface area (Å²) in [6, 6.07) is 4.68. The highest BCUT2D eigenvalue weighted by molar-refractivity contribution is 7.12. The minimum absolute atomic E-state index is 0.404. The van der Waals surface area contributed by atoms with Gasteiger partial charge in [-0.25, -0.2) is 4.98 Å². The monoisotopic (exact) mass is 328 g/mol. The van der Waals surface area contributed by atoms with Gasteiger partial charge in [-0.1, -0.05) is 5.16 Å². The fourth-order valence-corrected chi connectivity index (χ4v) is 4.24. The Hall–Kier alpha value is -1.92. The maximum absolute atomic E-state index is 5.38. The van der Waals surface area contributed by atoms with Crippen LogP contribution in [0.5, 0.6) is 0 Å². The van der Waals surface area contributed by atoms with Gasteiger partial charge in [0.1, 0.15) is 5.76 Å². The van der Waals surface area contributed by atoms with E-state index in [2.05, 4.69) is 37.9 Å². The van der Waals surface area contributed by atoms with Gasteiger partial charge in [0.05, 0.1) is 5.69 Å². The van der Waals surface area contributed by atoms with E-state index in [0.717, 1.165) is 29.7 Å². The number of hydrogen-bond acceptors (Lipinski definition) is 5. The largest absolute Gasteiger partial charge is 0.361 e. The summed E-state index contributed by atoms with van der Waals surface area (Å²) < 4.78 is 7.57. The lowest BCUT2D eigenvalue weighted by atomic mass is 10.0. The number of hydrogen-bond donors (Lipinski definition) is 0. The summed E-state index contributed by atoms with van der Waals surface area (Å²) in [7, 11) is 0. The average Bonchev–Trinajstić information content (AvgIpc) is 3.29. The third-order valence-electron chi connectivity index (χ3n) is 4.61. The summed E-state index contributed by atoms with van der Waals surface area (Å²) >= 11 is 1.66. The quantitative estimate of drug-likeness (QED) is 0.729. The highest BCUT2D eigenvalue weighted by Gasteiger charge is 2.31. The first-order valence-corrected chi connectivity index (χ1v) is 8.85.